The number of aliphatic imine (C=N–C) groups is 1. The normalized spacial score (nSPS) is 10.7. The topological polar surface area (TPSA) is 102 Å². The van der Waals surface area contributed by atoms with Crippen LogP contribution < -0.4 is 4.74 Å². The van der Waals surface area contributed by atoms with Crippen molar-refractivity contribution in [3.63, 3.8) is 0 Å². The summed E-state index contributed by atoms with van der Waals surface area (Å²) in [6.07, 6.45) is 1.47. The summed E-state index contributed by atoms with van der Waals surface area (Å²) in [4.78, 5) is 25.4. The molecule has 0 aliphatic heterocycles. The van der Waals surface area contributed by atoms with Gasteiger partial charge in [0.2, 0.25) is 0 Å². The molecule has 0 saturated carbocycles. The molecular formula is C16H14N2O5. The molecule has 0 saturated heterocycles. The van der Waals surface area contributed by atoms with Gasteiger partial charge in [-0.3, -0.25) is 15.1 Å². The van der Waals surface area contributed by atoms with Crippen molar-refractivity contribution < 1.29 is 19.6 Å². The Morgan fingerprint density at radius 2 is 2.00 bits per heavy atom. The molecule has 7 nitrogen and oxygen atoms in total. The zero-order valence-electron chi connectivity index (χ0n) is 12.3. The van der Waals surface area contributed by atoms with Crippen LogP contribution in [0.25, 0.3) is 0 Å². The van der Waals surface area contributed by atoms with Gasteiger partial charge < -0.3 is 9.84 Å². The number of hydrogen-bond acceptors (Lipinski definition) is 5. The molecule has 2 rings (SSSR count). The number of hydrogen-bond donors (Lipinski definition) is 1. The van der Waals surface area contributed by atoms with E-state index in [1.165, 1.54) is 42.6 Å². The zero-order valence-corrected chi connectivity index (χ0v) is 12.3. The second-order valence-corrected chi connectivity index (χ2v) is 4.52. The minimum absolute atomic E-state index is 0.0215. The standard InChI is InChI=1S/C16H14N2O5/c1-2-23-15-8-3-11(16(19)20)9-12(15)10-17-13-4-6-14(7-5-13)18(21)22/h3-10H,2H2,1H3,(H,19,20). The van der Waals surface area contributed by atoms with E-state index in [-0.39, 0.29) is 11.3 Å². The molecular weight excluding hydrogens is 300 g/mol. The summed E-state index contributed by atoms with van der Waals surface area (Å²) in [7, 11) is 0. The Balaban J connectivity index is 2.30. The van der Waals surface area contributed by atoms with Gasteiger partial charge >= 0.3 is 5.97 Å². The van der Waals surface area contributed by atoms with Gasteiger partial charge in [-0.15, -0.1) is 0 Å². The van der Waals surface area contributed by atoms with Gasteiger partial charge in [0, 0.05) is 23.9 Å². The lowest BCUT2D eigenvalue weighted by atomic mass is 10.1. The third kappa shape index (κ3) is 4.13. The van der Waals surface area contributed by atoms with Crippen LogP contribution in [0.4, 0.5) is 11.4 Å². The van der Waals surface area contributed by atoms with Crippen LogP contribution in [0.3, 0.4) is 0 Å². The smallest absolute Gasteiger partial charge is 0.335 e. The molecule has 23 heavy (non-hydrogen) atoms. The summed E-state index contributed by atoms with van der Waals surface area (Å²) in [5, 5.41) is 19.7. The molecule has 0 atom stereocenters. The second kappa shape index (κ2) is 7.17. The van der Waals surface area contributed by atoms with E-state index >= 15 is 0 Å². The van der Waals surface area contributed by atoms with Crippen molar-refractivity contribution in [2.75, 3.05) is 6.61 Å². The van der Waals surface area contributed by atoms with Crippen LogP contribution >= 0.6 is 0 Å². The minimum Gasteiger partial charge on any atom is -0.493 e. The maximum atomic E-state index is 11.0. The molecule has 2 aromatic carbocycles. The van der Waals surface area contributed by atoms with Gasteiger partial charge in [0.15, 0.2) is 0 Å². The molecule has 0 unspecified atom stereocenters. The molecule has 118 valence electrons. The van der Waals surface area contributed by atoms with Crippen molar-refractivity contribution in [2.24, 2.45) is 4.99 Å². The van der Waals surface area contributed by atoms with Gasteiger partial charge in [0.05, 0.1) is 22.8 Å². The molecule has 0 aliphatic carbocycles. The number of aromatic carboxylic acids is 1. The first-order chi connectivity index (χ1) is 11.0. The van der Waals surface area contributed by atoms with Gasteiger partial charge in [-0.1, -0.05) is 0 Å². The monoisotopic (exact) mass is 314 g/mol. The lowest BCUT2D eigenvalue weighted by Gasteiger charge is -2.07. The van der Waals surface area contributed by atoms with Crippen LogP contribution in [0.5, 0.6) is 5.75 Å². The van der Waals surface area contributed by atoms with Gasteiger partial charge in [0.25, 0.3) is 5.69 Å². The van der Waals surface area contributed by atoms with Crippen LogP contribution in [0.2, 0.25) is 0 Å². The number of carboxylic acids is 1. The lowest BCUT2D eigenvalue weighted by molar-refractivity contribution is -0.384. The fourth-order valence-corrected chi connectivity index (χ4v) is 1.87. The first-order valence-corrected chi connectivity index (χ1v) is 6.80. The Hall–Kier alpha value is -3.22. The summed E-state index contributed by atoms with van der Waals surface area (Å²) in [6, 6.07) is 10.2. The van der Waals surface area contributed by atoms with Crippen LogP contribution in [-0.2, 0) is 0 Å². The summed E-state index contributed by atoms with van der Waals surface area (Å²) in [6.45, 7) is 2.26. The summed E-state index contributed by atoms with van der Waals surface area (Å²) in [5.74, 6) is -0.527. The highest BCUT2D eigenvalue weighted by molar-refractivity contribution is 5.93. The molecule has 0 spiro atoms. The Morgan fingerprint density at radius 1 is 1.30 bits per heavy atom. The average Bonchev–Trinajstić information content (AvgIpc) is 2.54. The maximum absolute atomic E-state index is 11.0. The van der Waals surface area contributed by atoms with Gasteiger partial charge in [0.1, 0.15) is 5.75 Å². The molecule has 0 bridgehead atoms. The Bertz CT molecular complexity index is 754. The van der Waals surface area contributed by atoms with Gasteiger partial charge in [-0.05, 0) is 37.3 Å². The van der Waals surface area contributed by atoms with E-state index in [9.17, 15) is 14.9 Å². The molecule has 7 heteroatoms. The maximum Gasteiger partial charge on any atom is 0.335 e. The highest BCUT2D eigenvalue weighted by Gasteiger charge is 2.08. The lowest BCUT2D eigenvalue weighted by Crippen LogP contribution is -2.01. The van der Waals surface area contributed by atoms with E-state index in [2.05, 4.69) is 4.99 Å². The number of carbonyl (C=O) groups is 1. The molecule has 0 fully saturated rings. The number of non-ortho nitro benzene ring substituents is 1. The number of nitro benzene ring substituents is 1. The highest BCUT2D eigenvalue weighted by Crippen LogP contribution is 2.21. The van der Waals surface area contributed by atoms with Crippen LogP contribution in [0, 0.1) is 10.1 Å². The number of ether oxygens (including phenoxy) is 1. The third-order valence-electron chi connectivity index (χ3n) is 2.97. The van der Waals surface area contributed by atoms with Gasteiger partial charge in [-0.2, -0.15) is 0 Å². The highest BCUT2D eigenvalue weighted by atomic mass is 16.6. The fraction of sp³-hybridized carbons (Fsp3) is 0.125. The van der Waals surface area contributed by atoms with Crippen molar-refractivity contribution in [1.29, 1.82) is 0 Å². The Kier molecular flexibility index (Phi) is 5.03. The number of benzene rings is 2. The summed E-state index contributed by atoms with van der Waals surface area (Å²) >= 11 is 0. The van der Waals surface area contributed by atoms with E-state index in [4.69, 9.17) is 9.84 Å². The minimum atomic E-state index is -1.04. The third-order valence-corrected chi connectivity index (χ3v) is 2.97. The van der Waals surface area contributed by atoms with Gasteiger partial charge in [-0.25, -0.2) is 4.79 Å². The van der Waals surface area contributed by atoms with Crippen LogP contribution in [0.15, 0.2) is 47.5 Å². The van der Waals surface area contributed by atoms with Crippen LogP contribution in [0.1, 0.15) is 22.8 Å². The molecule has 2 aromatic rings. The van der Waals surface area contributed by atoms with Crippen molar-refractivity contribution in [3.05, 3.63) is 63.7 Å². The van der Waals surface area contributed by atoms with E-state index in [1.54, 1.807) is 6.07 Å². The Labute approximate surface area is 132 Å². The molecule has 0 aliphatic rings. The number of nitro groups is 1. The van der Waals surface area contributed by atoms with E-state index in [1.807, 2.05) is 6.92 Å². The first-order valence-electron chi connectivity index (χ1n) is 6.80. The van der Waals surface area contributed by atoms with Crippen molar-refractivity contribution >= 4 is 23.6 Å². The van der Waals surface area contributed by atoms with Crippen molar-refractivity contribution in [1.82, 2.24) is 0 Å². The molecule has 1 N–H and O–H groups in total. The summed E-state index contributed by atoms with van der Waals surface area (Å²) in [5.41, 5.74) is 1.13. The van der Waals surface area contributed by atoms with E-state index < -0.39 is 10.9 Å². The fourth-order valence-electron chi connectivity index (χ4n) is 1.87. The molecule has 0 aromatic heterocycles. The van der Waals surface area contributed by atoms with Crippen LogP contribution in [-0.4, -0.2) is 28.8 Å². The largest absolute Gasteiger partial charge is 0.493 e. The average molecular weight is 314 g/mol. The number of carboxylic acid groups (broad SMARTS) is 1. The number of rotatable bonds is 6. The molecule has 0 radical (unpaired) electrons. The predicted molar refractivity (Wildman–Crippen MR) is 84.9 cm³/mol. The van der Waals surface area contributed by atoms with Crippen molar-refractivity contribution in [2.45, 2.75) is 6.92 Å². The zero-order chi connectivity index (χ0) is 16.8. The second-order valence-electron chi connectivity index (χ2n) is 4.52. The predicted octanol–water partition coefficient (Wildman–Crippen LogP) is 3.44. The molecule has 0 amide bonds. The molecule has 0 heterocycles. The summed E-state index contributed by atoms with van der Waals surface area (Å²) < 4.78 is 5.44. The van der Waals surface area contributed by atoms with E-state index in [0.717, 1.165) is 0 Å². The quantitative estimate of drug-likeness (QED) is 0.500. The number of nitrogens with zero attached hydrogens (tertiary/aromatic N) is 2. The Morgan fingerprint density at radius 3 is 2.57 bits per heavy atom. The van der Waals surface area contributed by atoms with Crippen molar-refractivity contribution in [3.8, 4) is 5.75 Å². The van der Waals surface area contributed by atoms with E-state index in [0.29, 0.717) is 23.6 Å². The SMILES string of the molecule is CCOc1ccc(C(=O)O)cc1C=Nc1ccc([N+](=O)[O-])cc1. The first kappa shape index (κ1) is 16.2.